The van der Waals surface area contributed by atoms with Crippen LogP contribution in [0, 0.1) is 0 Å². The van der Waals surface area contributed by atoms with E-state index in [-0.39, 0.29) is 25.4 Å². The molecule has 2 N–H and O–H groups in total. The number of rotatable bonds is 9. The summed E-state index contributed by atoms with van der Waals surface area (Å²) in [5.74, 6) is -0.914. The van der Waals surface area contributed by atoms with Crippen molar-refractivity contribution in [2.24, 2.45) is 0 Å². The largest absolute Gasteiger partial charge is 0.508 e. The van der Waals surface area contributed by atoms with E-state index >= 15 is 0 Å². The van der Waals surface area contributed by atoms with Crippen LogP contribution in [0.25, 0.3) is 0 Å². The van der Waals surface area contributed by atoms with Crippen LogP contribution in [0.2, 0.25) is 0 Å². The minimum absolute atomic E-state index is 0.0724. The molecule has 0 spiro atoms. The summed E-state index contributed by atoms with van der Waals surface area (Å²) in [7, 11) is 0. The van der Waals surface area contributed by atoms with Gasteiger partial charge < -0.3 is 19.9 Å². The number of hydrogen-bond acceptors (Lipinski definition) is 6. The Morgan fingerprint density at radius 2 is 1.43 bits per heavy atom. The van der Waals surface area contributed by atoms with E-state index in [1.807, 2.05) is 60.7 Å². The lowest BCUT2D eigenvalue weighted by Crippen LogP contribution is -2.52. The summed E-state index contributed by atoms with van der Waals surface area (Å²) >= 11 is 0. The van der Waals surface area contributed by atoms with Crippen LogP contribution in [0.4, 0.5) is 4.79 Å². The molecule has 37 heavy (non-hydrogen) atoms. The molecule has 2 amide bonds. The predicted octanol–water partition coefficient (Wildman–Crippen LogP) is 3.96. The van der Waals surface area contributed by atoms with Crippen molar-refractivity contribution in [1.29, 1.82) is 0 Å². The number of benzene rings is 3. The van der Waals surface area contributed by atoms with Crippen LogP contribution in [0.5, 0.6) is 5.75 Å². The summed E-state index contributed by atoms with van der Waals surface area (Å²) in [5, 5.41) is 12.4. The lowest BCUT2D eigenvalue weighted by molar-refractivity contribution is -0.149. The molecular formula is C29H30N2O6. The third-order valence-electron chi connectivity index (χ3n) is 6.20. The van der Waals surface area contributed by atoms with Gasteiger partial charge in [-0.2, -0.15) is 0 Å². The maximum atomic E-state index is 13.3. The van der Waals surface area contributed by atoms with E-state index in [1.165, 1.54) is 17.0 Å². The smallest absolute Gasteiger partial charge is 0.410 e. The van der Waals surface area contributed by atoms with Crippen molar-refractivity contribution in [1.82, 2.24) is 10.2 Å². The van der Waals surface area contributed by atoms with Gasteiger partial charge in [0.2, 0.25) is 5.91 Å². The summed E-state index contributed by atoms with van der Waals surface area (Å²) in [6, 6.07) is 23.3. The molecule has 8 nitrogen and oxygen atoms in total. The number of nitrogens with zero attached hydrogens (tertiary/aromatic N) is 1. The summed E-state index contributed by atoms with van der Waals surface area (Å²) in [4.78, 5) is 40.4. The first kappa shape index (κ1) is 25.8. The Kier molecular flexibility index (Phi) is 8.75. The minimum atomic E-state index is -0.969. The molecule has 0 radical (unpaired) electrons. The number of nitrogens with one attached hydrogen (secondary N) is 1. The van der Waals surface area contributed by atoms with Crippen LogP contribution >= 0.6 is 0 Å². The standard InChI is InChI=1S/C29H30N2O6/c32-24-15-13-21(14-16-24)18-25(28(34)36-19-22-8-3-1-4-9-22)30-27(33)26-12-7-17-31(26)29(35)37-20-23-10-5-2-6-11-23/h1-6,8-11,13-16,25-26,32H,7,12,17-20H2,(H,30,33)/t25-,26+/m1/s1. The number of carbonyl (C=O) groups excluding carboxylic acids is 3. The molecule has 8 heteroatoms. The molecule has 3 aromatic carbocycles. The fraction of sp³-hybridized carbons (Fsp3) is 0.276. The van der Waals surface area contributed by atoms with Crippen LogP contribution in [-0.2, 0) is 38.7 Å². The Balaban J connectivity index is 1.41. The van der Waals surface area contributed by atoms with E-state index in [0.29, 0.717) is 19.4 Å². The molecule has 1 heterocycles. The molecule has 0 saturated carbocycles. The van der Waals surface area contributed by atoms with E-state index in [4.69, 9.17) is 9.47 Å². The lowest BCUT2D eigenvalue weighted by atomic mass is 10.0. The highest BCUT2D eigenvalue weighted by Gasteiger charge is 2.37. The van der Waals surface area contributed by atoms with Gasteiger partial charge in [0.1, 0.15) is 31.0 Å². The molecule has 0 unspecified atom stereocenters. The average Bonchev–Trinajstić information content (AvgIpc) is 3.43. The number of phenolic OH excluding ortho intramolecular Hbond substituents is 1. The van der Waals surface area contributed by atoms with E-state index in [9.17, 15) is 19.5 Å². The SMILES string of the molecule is O=C(OCc1ccccc1)[C@@H](Cc1ccc(O)cc1)NC(=O)[C@@H]1CCCN1C(=O)OCc1ccccc1. The van der Waals surface area contributed by atoms with Crippen LogP contribution in [0.15, 0.2) is 84.9 Å². The summed E-state index contributed by atoms with van der Waals surface area (Å²) in [6.45, 7) is 0.579. The van der Waals surface area contributed by atoms with Crippen molar-refractivity contribution < 1.29 is 29.0 Å². The van der Waals surface area contributed by atoms with Crippen molar-refractivity contribution >= 4 is 18.0 Å². The maximum Gasteiger partial charge on any atom is 0.410 e. The summed E-state index contributed by atoms with van der Waals surface area (Å²) < 4.78 is 10.9. The van der Waals surface area contributed by atoms with Gasteiger partial charge in [-0.15, -0.1) is 0 Å². The molecule has 2 atom stereocenters. The van der Waals surface area contributed by atoms with Gasteiger partial charge in [-0.1, -0.05) is 72.8 Å². The number of aromatic hydroxyl groups is 1. The Morgan fingerprint density at radius 1 is 0.838 bits per heavy atom. The zero-order chi connectivity index (χ0) is 26.0. The first-order valence-electron chi connectivity index (χ1n) is 12.3. The van der Waals surface area contributed by atoms with Crippen molar-refractivity contribution in [2.45, 2.75) is 44.6 Å². The minimum Gasteiger partial charge on any atom is -0.508 e. The molecule has 1 aliphatic heterocycles. The van der Waals surface area contributed by atoms with Crippen molar-refractivity contribution in [3.05, 3.63) is 102 Å². The molecule has 4 rings (SSSR count). The van der Waals surface area contributed by atoms with E-state index in [0.717, 1.165) is 16.7 Å². The normalized spacial score (nSPS) is 15.6. The molecule has 1 saturated heterocycles. The first-order chi connectivity index (χ1) is 18.0. The Hall–Kier alpha value is -4.33. The van der Waals surface area contributed by atoms with Crippen LogP contribution < -0.4 is 5.32 Å². The maximum absolute atomic E-state index is 13.3. The first-order valence-corrected chi connectivity index (χ1v) is 12.3. The van der Waals surface area contributed by atoms with Crippen LogP contribution in [0.3, 0.4) is 0 Å². The molecule has 1 aliphatic rings. The summed E-state index contributed by atoms with van der Waals surface area (Å²) in [6.07, 6.45) is 0.727. The molecule has 3 aromatic rings. The highest BCUT2D eigenvalue weighted by Crippen LogP contribution is 2.20. The van der Waals surface area contributed by atoms with Gasteiger partial charge in [0.25, 0.3) is 0 Å². The Morgan fingerprint density at radius 3 is 2.05 bits per heavy atom. The Labute approximate surface area is 215 Å². The van der Waals surface area contributed by atoms with E-state index in [1.54, 1.807) is 12.1 Å². The lowest BCUT2D eigenvalue weighted by Gasteiger charge is -2.25. The molecule has 0 aromatic heterocycles. The number of hydrogen-bond donors (Lipinski definition) is 2. The van der Waals surface area contributed by atoms with Crippen molar-refractivity contribution in [3.63, 3.8) is 0 Å². The van der Waals surface area contributed by atoms with Gasteiger partial charge in [-0.05, 0) is 41.7 Å². The van der Waals surface area contributed by atoms with Crippen LogP contribution in [-0.4, -0.2) is 46.6 Å². The van der Waals surface area contributed by atoms with Gasteiger partial charge >= 0.3 is 12.1 Å². The number of likely N-dealkylation sites (tertiary alicyclic amines) is 1. The van der Waals surface area contributed by atoms with Gasteiger partial charge in [-0.25, -0.2) is 9.59 Å². The van der Waals surface area contributed by atoms with E-state index in [2.05, 4.69) is 5.32 Å². The van der Waals surface area contributed by atoms with E-state index < -0.39 is 30.1 Å². The number of phenols is 1. The van der Waals surface area contributed by atoms with Crippen molar-refractivity contribution in [3.8, 4) is 5.75 Å². The number of ether oxygens (including phenoxy) is 2. The van der Waals surface area contributed by atoms with Gasteiger partial charge in [0.15, 0.2) is 0 Å². The second-order valence-electron chi connectivity index (χ2n) is 8.92. The highest BCUT2D eigenvalue weighted by molar-refractivity contribution is 5.90. The third-order valence-corrected chi connectivity index (χ3v) is 6.20. The Bertz CT molecular complexity index is 1180. The molecule has 0 aliphatic carbocycles. The summed E-state index contributed by atoms with van der Waals surface area (Å²) in [5.41, 5.74) is 2.42. The number of esters is 1. The predicted molar refractivity (Wildman–Crippen MR) is 136 cm³/mol. The second kappa shape index (κ2) is 12.6. The van der Waals surface area contributed by atoms with Gasteiger partial charge in [-0.3, -0.25) is 9.69 Å². The quantitative estimate of drug-likeness (QED) is 0.429. The monoisotopic (exact) mass is 502 g/mol. The third kappa shape index (κ3) is 7.33. The van der Waals surface area contributed by atoms with Gasteiger partial charge in [0, 0.05) is 13.0 Å². The number of amides is 2. The van der Waals surface area contributed by atoms with Gasteiger partial charge in [0.05, 0.1) is 0 Å². The molecule has 0 bridgehead atoms. The zero-order valence-electron chi connectivity index (χ0n) is 20.4. The molecule has 1 fully saturated rings. The highest BCUT2D eigenvalue weighted by atomic mass is 16.6. The molecule has 192 valence electrons. The number of carbonyl (C=O) groups is 3. The fourth-order valence-electron chi connectivity index (χ4n) is 4.22. The van der Waals surface area contributed by atoms with Crippen LogP contribution in [0.1, 0.15) is 29.5 Å². The fourth-order valence-corrected chi connectivity index (χ4v) is 4.22. The van der Waals surface area contributed by atoms with Crippen molar-refractivity contribution in [2.75, 3.05) is 6.54 Å². The second-order valence-corrected chi connectivity index (χ2v) is 8.92. The average molecular weight is 503 g/mol. The zero-order valence-corrected chi connectivity index (χ0v) is 20.4. The topological polar surface area (TPSA) is 105 Å². The molecular weight excluding hydrogens is 472 g/mol.